The lowest BCUT2D eigenvalue weighted by Crippen LogP contribution is -2.49. The van der Waals surface area contributed by atoms with Gasteiger partial charge >= 0.3 is 6.03 Å². The summed E-state index contributed by atoms with van der Waals surface area (Å²) < 4.78 is 2.07. The predicted octanol–water partition coefficient (Wildman–Crippen LogP) is 4.21. The highest BCUT2D eigenvalue weighted by Gasteiger charge is 2.22. The third kappa shape index (κ3) is 4.85. The van der Waals surface area contributed by atoms with Crippen LogP contribution >= 0.6 is 0 Å². The molecule has 4 aromatic rings. The van der Waals surface area contributed by atoms with Gasteiger partial charge in [-0.3, -0.25) is 0 Å². The Balaban J connectivity index is 1.37. The summed E-state index contributed by atoms with van der Waals surface area (Å²) >= 11 is 0. The van der Waals surface area contributed by atoms with E-state index in [2.05, 4.69) is 48.4 Å². The number of anilines is 2. The van der Waals surface area contributed by atoms with Crippen molar-refractivity contribution in [3.63, 3.8) is 0 Å². The van der Waals surface area contributed by atoms with Gasteiger partial charge in [-0.05, 0) is 63.1 Å². The molecule has 0 aliphatic carbocycles. The first kappa shape index (κ1) is 22.9. The Labute approximate surface area is 204 Å². The summed E-state index contributed by atoms with van der Waals surface area (Å²) in [4.78, 5) is 26.8. The largest absolute Gasteiger partial charge is 0.355 e. The van der Waals surface area contributed by atoms with Crippen molar-refractivity contribution in [1.29, 1.82) is 0 Å². The summed E-state index contributed by atoms with van der Waals surface area (Å²) in [7, 11) is 0. The Morgan fingerprint density at radius 3 is 2.80 bits per heavy atom. The number of benzene rings is 1. The molecule has 3 aromatic heterocycles. The summed E-state index contributed by atoms with van der Waals surface area (Å²) in [6.07, 6.45) is 6.54. The minimum absolute atomic E-state index is 0.0256. The molecule has 1 aliphatic rings. The Morgan fingerprint density at radius 2 is 2.06 bits per heavy atom. The predicted molar refractivity (Wildman–Crippen MR) is 141 cm³/mol. The number of nitrogens with two attached hydrogens (primary N) is 1. The van der Waals surface area contributed by atoms with Crippen LogP contribution < -0.4 is 16.4 Å². The van der Waals surface area contributed by atoms with E-state index in [1.807, 2.05) is 50.2 Å². The molecule has 0 fully saturated rings. The van der Waals surface area contributed by atoms with E-state index in [9.17, 15) is 4.79 Å². The van der Waals surface area contributed by atoms with Gasteiger partial charge in [-0.25, -0.2) is 14.8 Å². The van der Waals surface area contributed by atoms with Gasteiger partial charge in [0.15, 0.2) is 0 Å². The number of pyridine rings is 1. The summed E-state index contributed by atoms with van der Waals surface area (Å²) in [6, 6.07) is 10.2. The monoisotopic (exact) mass is 472 g/mol. The molecule has 9 nitrogen and oxygen atoms in total. The zero-order valence-electron chi connectivity index (χ0n) is 20.4. The first-order chi connectivity index (χ1) is 16.8. The van der Waals surface area contributed by atoms with Crippen LogP contribution in [-0.4, -0.2) is 55.6 Å². The number of rotatable bonds is 5. The molecule has 0 saturated heterocycles. The topological polar surface area (TPSA) is 117 Å². The number of carbonyl (C=O) groups excluding carboxylic acids is 1. The van der Waals surface area contributed by atoms with Crippen LogP contribution in [0.2, 0.25) is 0 Å². The number of urea groups is 1. The van der Waals surface area contributed by atoms with Crippen molar-refractivity contribution >= 4 is 45.0 Å². The molecule has 182 valence electrons. The van der Waals surface area contributed by atoms with E-state index in [0.29, 0.717) is 19.6 Å². The maximum absolute atomic E-state index is 12.5. The van der Waals surface area contributed by atoms with Gasteiger partial charge in [0, 0.05) is 54.7 Å². The molecule has 35 heavy (non-hydrogen) atoms. The zero-order chi connectivity index (χ0) is 24.6. The van der Waals surface area contributed by atoms with Crippen molar-refractivity contribution in [3.8, 4) is 0 Å². The van der Waals surface area contributed by atoms with Crippen molar-refractivity contribution < 1.29 is 4.79 Å². The number of carbonyl (C=O) groups is 1. The second kappa shape index (κ2) is 9.07. The van der Waals surface area contributed by atoms with Gasteiger partial charge in [0.25, 0.3) is 0 Å². The maximum Gasteiger partial charge on any atom is 0.318 e. The molecular weight excluding hydrogens is 440 g/mol. The molecule has 5 rings (SSSR count). The van der Waals surface area contributed by atoms with Crippen LogP contribution in [0.5, 0.6) is 0 Å². The van der Waals surface area contributed by atoms with Crippen molar-refractivity contribution in [2.75, 3.05) is 25.0 Å². The Hall–Kier alpha value is -3.85. The standard InChI is InChI=1S/C26H32N8O/c1-26(2,3)32-25(35)33-11-7-17(8-12-33)22-15-19-20(6-10-28-24(19)31-22)30-18-4-5-21-23(14-18)34(13-9-27)16-29-21/h4-7,10,14-16H,8-9,11-13,27H2,1-3H3,(H,32,35)(H2,28,30,31). The number of aromatic amines is 1. The first-order valence-electron chi connectivity index (χ1n) is 12.0. The highest BCUT2D eigenvalue weighted by molar-refractivity contribution is 5.95. The molecule has 0 saturated carbocycles. The number of hydrogen-bond acceptors (Lipinski definition) is 5. The van der Waals surface area contributed by atoms with Gasteiger partial charge in [0.05, 0.1) is 23.0 Å². The van der Waals surface area contributed by atoms with Crippen molar-refractivity contribution in [2.24, 2.45) is 5.73 Å². The Bertz CT molecular complexity index is 1410. The quantitative estimate of drug-likeness (QED) is 0.347. The van der Waals surface area contributed by atoms with E-state index in [1.54, 1.807) is 6.20 Å². The van der Waals surface area contributed by atoms with Gasteiger partial charge in [0.1, 0.15) is 5.65 Å². The lowest BCUT2D eigenvalue weighted by molar-refractivity contribution is 0.193. The SMILES string of the molecule is CC(C)(C)NC(=O)N1CC=C(c2cc3c(Nc4ccc5ncn(CCN)c5c4)ccnc3[nH]2)CC1. The van der Waals surface area contributed by atoms with Crippen LogP contribution in [0.4, 0.5) is 16.2 Å². The highest BCUT2D eigenvalue weighted by Crippen LogP contribution is 2.31. The molecule has 0 atom stereocenters. The summed E-state index contributed by atoms with van der Waals surface area (Å²) in [5, 5.41) is 7.60. The fraction of sp³-hybridized carbons (Fsp3) is 0.346. The Morgan fingerprint density at radius 1 is 1.20 bits per heavy atom. The number of nitrogens with zero attached hydrogens (tertiary/aromatic N) is 4. The van der Waals surface area contributed by atoms with E-state index < -0.39 is 0 Å². The molecule has 0 bridgehead atoms. The van der Waals surface area contributed by atoms with Crippen LogP contribution in [0.15, 0.2) is 48.9 Å². The van der Waals surface area contributed by atoms with Crippen LogP contribution in [-0.2, 0) is 6.54 Å². The highest BCUT2D eigenvalue weighted by atomic mass is 16.2. The van der Waals surface area contributed by atoms with Gasteiger partial charge in [-0.2, -0.15) is 0 Å². The smallest absolute Gasteiger partial charge is 0.318 e. The summed E-state index contributed by atoms with van der Waals surface area (Å²) in [5.41, 5.74) is 12.5. The van der Waals surface area contributed by atoms with Crippen LogP contribution in [0.3, 0.4) is 0 Å². The summed E-state index contributed by atoms with van der Waals surface area (Å²) in [5.74, 6) is 0. The number of aromatic nitrogens is 4. The molecule has 9 heteroatoms. The first-order valence-corrected chi connectivity index (χ1v) is 12.0. The third-order valence-corrected chi connectivity index (χ3v) is 6.13. The molecule has 1 aromatic carbocycles. The second-order valence-electron chi connectivity index (χ2n) is 9.96. The summed E-state index contributed by atoms with van der Waals surface area (Å²) in [6.45, 7) is 8.53. The molecule has 5 N–H and O–H groups in total. The zero-order valence-corrected chi connectivity index (χ0v) is 20.4. The number of imidazole rings is 1. The van der Waals surface area contributed by atoms with Gasteiger partial charge in [-0.1, -0.05) is 6.08 Å². The van der Waals surface area contributed by atoms with Gasteiger partial charge < -0.3 is 30.8 Å². The van der Waals surface area contributed by atoms with Gasteiger partial charge in [0.2, 0.25) is 0 Å². The molecule has 2 amide bonds. The molecule has 1 aliphatic heterocycles. The number of nitrogens with one attached hydrogen (secondary N) is 3. The van der Waals surface area contributed by atoms with E-state index in [-0.39, 0.29) is 11.6 Å². The lowest BCUT2D eigenvalue weighted by atomic mass is 10.0. The van der Waals surface area contributed by atoms with E-state index >= 15 is 0 Å². The number of fused-ring (bicyclic) bond motifs is 2. The van der Waals surface area contributed by atoms with Crippen molar-refractivity contribution in [2.45, 2.75) is 39.3 Å². The fourth-order valence-electron chi connectivity index (χ4n) is 4.41. The molecule has 4 heterocycles. The number of H-pyrrole nitrogens is 1. The minimum Gasteiger partial charge on any atom is -0.355 e. The van der Waals surface area contributed by atoms with Crippen LogP contribution in [0, 0.1) is 0 Å². The van der Waals surface area contributed by atoms with E-state index in [1.165, 1.54) is 5.57 Å². The number of amides is 2. The van der Waals surface area contributed by atoms with E-state index in [4.69, 9.17) is 5.73 Å². The normalized spacial score (nSPS) is 14.4. The van der Waals surface area contributed by atoms with Crippen molar-refractivity contribution in [1.82, 2.24) is 29.7 Å². The minimum atomic E-state index is -0.248. The maximum atomic E-state index is 12.5. The molecule has 0 spiro atoms. The molecule has 0 unspecified atom stereocenters. The average molecular weight is 473 g/mol. The van der Waals surface area contributed by atoms with E-state index in [0.717, 1.165) is 52.1 Å². The fourth-order valence-corrected chi connectivity index (χ4v) is 4.41. The lowest BCUT2D eigenvalue weighted by Gasteiger charge is -2.30. The Kier molecular flexibility index (Phi) is 5.94. The van der Waals surface area contributed by atoms with Gasteiger partial charge in [-0.15, -0.1) is 0 Å². The third-order valence-electron chi connectivity index (χ3n) is 6.13. The van der Waals surface area contributed by atoms with Crippen LogP contribution in [0.1, 0.15) is 32.9 Å². The second-order valence-corrected chi connectivity index (χ2v) is 9.96. The van der Waals surface area contributed by atoms with Crippen molar-refractivity contribution in [3.05, 3.63) is 54.6 Å². The number of hydrogen-bond donors (Lipinski definition) is 4. The van der Waals surface area contributed by atoms with Crippen LogP contribution in [0.25, 0.3) is 27.6 Å². The molecule has 0 radical (unpaired) electrons. The molecular formula is C26H32N8O. The average Bonchev–Trinajstić information content (AvgIpc) is 3.43.